The molecule has 0 spiro atoms. The van der Waals surface area contributed by atoms with Gasteiger partial charge in [-0.05, 0) is 73.8 Å². The van der Waals surface area contributed by atoms with Crippen molar-refractivity contribution in [3.8, 4) is 0 Å². The van der Waals surface area contributed by atoms with E-state index >= 15 is 0 Å². The first-order valence-corrected chi connectivity index (χ1v) is 25.4. The Labute approximate surface area is 450 Å². The molecule has 0 bridgehead atoms. The Hall–Kier alpha value is -7.76. The average Bonchev–Trinajstić information content (AvgIpc) is 4.23. The number of nitrogens with one attached hydrogen (secondary N) is 3. The van der Waals surface area contributed by atoms with Gasteiger partial charge in [0.2, 0.25) is 23.6 Å². The molecule has 0 aliphatic rings. The highest BCUT2D eigenvalue weighted by Gasteiger charge is 1.92. The molecule has 10 aromatic rings. The summed E-state index contributed by atoms with van der Waals surface area (Å²) in [4.78, 5) is 26.6. The van der Waals surface area contributed by atoms with Gasteiger partial charge in [0.15, 0.2) is 11.6 Å². The second kappa shape index (κ2) is 54.0. The highest BCUT2D eigenvalue weighted by Crippen LogP contribution is 2.04. The number of hydrogen-bond acceptors (Lipinski definition) is 25. The lowest BCUT2D eigenvalue weighted by Crippen LogP contribution is -1.83. The van der Waals surface area contributed by atoms with Gasteiger partial charge in [-0.2, -0.15) is 34.7 Å². The van der Waals surface area contributed by atoms with Crippen LogP contribution in [0.3, 0.4) is 0 Å². The lowest BCUT2D eigenvalue weighted by Gasteiger charge is -1.74. The van der Waals surface area contributed by atoms with E-state index in [2.05, 4.69) is 125 Å². The number of H-pyrrole nitrogens is 3. The minimum Gasteiger partial charge on any atom is -0.426 e. The molecule has 10 heterocycles. The second-order valence-electron chi connectivity index (χ2n) is 12.2. The monoisotopic (exact) mass is 1090 g/mol. The maximum Gasteiger partial charge on any atom is 0.223 e. The maximum absolute atomic E-state index is 4.86. The van der Waals surface area contributed by atoms with E-state index in [-0.39, 0.29) is 0 Å². The molecule has 0 saturated carbocycles. The number of hydrogen-bond donors (Lipinski definition) is 3. The van der Waals surface area contributed by atoms with Gasteiger partial charge in [-0.25, -0.2) is 24.9 Å². The van der Waals surface area contributed by atoms with Crippen LogP contribution < -0.4 is 0 Å². The van der Waals surface area contributed by atoms with Crippen molar-refractivity contribution >= 4 is 22.9 Å². The number of rotatable bonds is 0. The average molecular weight is 1090 g/mol. The third-order valence-corrected chi connectivity index (χ3v) is 7.28. The predicted molar refractivity (Wildman–Crippen MR) is 292 cm³/mol. The van der Waals surface area contributed by atoms with E-state index in [1.54, 1.807) is 81.1 Å². The Kier molecular flexibility index (Phi) is 54.9. The molecular formula is C45H85N25O3S2. The Morgan fingerprint density at radius 1 is 0.440 bits per heavy atom. The summed E-state index contributed by atoms with van der Waals surface area (Å²) in [5.41, 5.74) is 0. The van der Waals surface area contributed by atoms with Crippen LogP contribution in [-0.2, 0) is 14.1 Å². The molecule has 28 nitrogen and oxygen atoms in total. The van der Waals surface area contributed by atoms with Gasteiger partial charge in [-0.1, -0.05) is 79.6 Å². The Morgan fingerprint density at radius 2 is 0.827 bits per heavy atom. The first-order chi connectivity index (χ1) is 35.9. The van der Waals surface area contributed by atoms with E-state index < -0.39 is 0 Å². The highest BCUT2D eigenvalue weighted by molar-refractivity contribution is 7.11. The molecule has 0 unspecified atom stereocenters. The summed E-state index contributed by atoms with van der Waals surface area (Å²) < 4.78 is 21.4. The summed E-state index contributed by atoms with van der Waals surface area (Å²) in [6.45, 7) is 43.9. The molecule has 0 amide bonds. The van der Waals surface area contributed by atoms with Gasteiger partial charge in [0.05, 0.1) is 0 Å². The summed E-state index contributed by atoms with van der Waals surface area (Å²) in [5, 5.41) is 54.4. The number of nitrogens with zero attached hydrogens (tertiary/aromatic N) is 22. The van der Waals surface area contributed by atoms with Crippen LogP contribution in [0.15, 0.2) is 57.8 Å². The molecule has 0 aliphatic carbocycles. The number of aromatic amines is 3. The Balaban J connectivity index is -0.000000238. The highest BCUT2D eigenvalue weighted by atomic mass is 32.1. The summed E-state index contributed by atoms with van der Waals surface area (Å²) in [7, 11) is 3.70. The van der Waals surface area contributed by atoms with Gasteiger partial charge in [0, 0.05) is 41.8 Å². The van der Waals surface area contributed by atoms with Crippen molar-refractivity contribution in [2.45, 2.75) is 159 Å². The van der Waals surface area contributed by atoms with Crippen molar-refractivity contribution in [3.05, 3.63) is 118 Å². The minimum atomic E-state index is 0.623. The first kappa shape index (κ1) is 76.2. The van der Waals surface area contributed by atoms with Crippen molar-refractivity contribution in [1.29, 1.82) is 0 Å². The lowest BCUT2D eigenvalue weighted by molar-refractivity contribution is 0.389. The predicted octanol–water partition coefficient (Wildman–Crippen LogP) is 9.47. The molecule has 10 rings (SSSR count). The molecule has 0 aliphatic heterocycles. The fourth-order valence-electron chi connectivity index (χ4n) is 3.31. The van der Waals surface area contributed by atoms with Gasteiger partial charge in [-0.15, -0.1) is 41.9 Å². The van der Waals surface area contributed by atoms with E-state index in [0.717, 1.165) is 38.3 Å². The molecule has 420 valence electrons. The van der Waals surface area contributed by atoms with Crippen LogP contribution in [-0.4, -0.2) is 125 Å². The maximum atomic E-state index is 4.86. The van der Waals surface area contributed by atoms with Gasteiger partial charge >= 0.3 is 0 Å². The van der Waals surface area contributed by atoms with Gasteiger partial charge < -0.3 is 18.0 Å². The molecule has 0 saturated heterocycles. The van der Waals surface area contributed by atoms with E-state index in [9.17, 15) is 0 Å². The van der Waals surface area contributed by atoms with Crippen molar-refractivity contribution in [1.82, 2.24) is 125 Å². The minimum absolute atomic E-state index is 0.623. The zero-order chi connectivity index (χ0) is 58.4. The van der Waals surface area contributed by atoms with E-state index in [1.165, 1.54) is 36.8 Å². The molecule has 30 heteroatoms. The SMILES string of the molecule is CC.CC.CC.CC.CC.Cc1ncn[nH]1.Cc1ncn[nH]1.Cc1ncn[nH]1.Cc1nnc(C)o1.Cc1nnc(C)s1.Cc1noc(C)n1.Cc1noc(C)n1.Cc1nsc(C)n1.Cn1cncn1.Cn1cnnc1. The second-order valence-corrected chi connectivity index (χ2v) is 14.5. The normalized spacial score (nSPS) is 8.33. The van der Waals surface area contributed by atoms with E-state index in [4.69, 9.17) is 4.42 Å². The number of aryl methyl sites for hydroxylation is 15. The van der Waals surface area contributed by atoms with Crippen molar-refractivity contribution in [3.63, 3.8) is 0 Å². The van der Waals surface area contributed by atoms with Crippen LogP contribution in [0.1, 0.15) is 143 Å². The number of aromatic nitrogens is 25. The topological polar surface area (TPSA) is 354 Å². The fourth-order valence-corrected chi connectivity index (χ4v) is 4.38. The largest absolute Gasteiger partial charge is 0.426 e. The van der Waals surface area contributed by atoms with Crippen LogP contribution in [0, 0.1) is 90.0 Å². The van der Waals surface area contributed by atoms with Gasteiger partial charge in [0.25, 0.3) is 0 Å². The molecule has 0 radical (unpaired) electrons. The van der Waals surface area contributed by atoms with Crippen LogP contribution in [0.5, 0.6) is 0 Å². The van der Waals surface area contributed by atoms with Crippen LogP contribution in [0.4, 0.5) is 0 Å². The standard InChI is InChI=1S/3C4H6N2O.2C4H6N2S.5C3H5N3.5C2H6/c1-3-5-6-4(2)7-3;2*1-3-5-4(2)7-6-3;1-3-5-6-4(2)7-3;1-3-5-4(2)7-6-3;1-6-2-4-5-3-6;1-6-3-4-2-5-6;3*1-3-4-2-5-6-3;5*1-2/h5*1-2H3;2*2-3H,1H3;3*2H,1H3,(H,4,5,6);5*1-2H3. The molecule has 0 atom stereocenters. The smallest absolute Gasteiger partial charge is 0.223 e. The van der Waals surface area contributed by atoms with Crippen LogP contribution in [0.2, 0.25) is 0 Å². The third kappa shape index (κ3) is 52.4. The van der Waals surface area contributed by atoms with Gasteiger partial charge in [-0.3, -0.25) is 20.0 Å². The molecule has 3 N–H and O–H groups in total. The zero-order valence-electron chi connectivity index (χ0n) is 48.9. The Morgan fingerprint density at radius 3 is 0.920 bits per heavy atom. The summed E-state index contributed by atoms with van der Waals surface area (Å²) in [5.74, 6) is 7.32. The molecule has 0 aromatic carbocycles. The van der Waals surface area contributed by atoms with E-state index in [0.29, 0.717) is 35.2 Å². The van der Waals surface area contributed by atoms with Crippen molar-refractivity contribution < 1.29 is 13.5 Å². The third-order valence-electron chi connectivity index (χ3n) is 5.82. The Bertz CT molecular complexity index is 2040. The first-order valence-electron chi connectivity index (χ1n) is 23.8. The quantitative estimate of drug-likeness (QED) is 0.127. The summed E-state index contributed by atoms with van der Waals surface area (Å²) >= 11 is 3.06. The zero-order valence-corrected chi connectivity index (χ0v) is 50.6. The van der Waals surface area contributed by atoms with Crippen LogP contribution in [0.25, 0.3) is 0 Å². The van der Waals surface area contributed by atoms with E-state index in [1.807, 2.05) is 132 Å². The molecule has 10 aromatic heterocycles. The summed E-state index contributed by atoms with van der Waals surface area (Å²) in [6, 6.07) is 0. The molecule has 0 fully saturated rings. The summed E-state index contributed by atoms with van der Waals surface area (Å²) in [6.07, 6.45) is 10.9. The molecule has 75 heavy (non-hydrogen) atoms. The lowest BCUT2D eigenvalue weighted by atomic mass is 10.7. The molecular weight excluding hydrogens is 1000 g/mol. The van der Waals surface area contributed by atoms with Crippen molar-refractivity contribution in [2.75, 3.05) is 0 Å². The van der Waals surface area contributed by atoms with Crippen LogP contribution >= 0.6 is 22.9 Å². The van der Waals surface area contributed by atoms with Crippen molar-refractivity contribution in [2.24, 2.45) is 14.1 Å². The van der Waals surface area contributed by atoms with Gasteiger partial charge in [0.1, 0.15) is 82.6 Å². The fraction of sp³-hybridized carbons (Fsp3) is 0.556.